The molecule has 146 valence electrons. The highest BCUT2D eigenvalue weighted by molar-refractivity contribution is 6.33. The van der Waals surface area contributed by atoms with Crippen LogP contribution < -0.4 is 10.5 Å². The standard InChI is InChI=1S/C23H18ClNO4/c1-28-22-11-20(25)19(24)10-18(22)23(27)29-12-21(26)15-7-6-14-8-13-4-2-3-5-16(13)17(14)9-15/h2-7,9-11H,8,12,25H2,1H3. The third kappa shape index (κ3) is 3.57. The molecule has 6 heteroatoms. The number of carbonyl (C=O) groups excluding carboxylic acids is 2. The number of halogens is 1. The Bertz CT molecular complexity index is 1140. The van der Waals surface area contributed by atoms with Crippen molar-refractivity contribution in [3.8, 4) is 16.9 Å². The predicted octanol–water partition coefficient (Wildman–Crippen LogP) is 4.54. The number of nitrogen functional groups attached to an aromatic ring is 1. The molecule has 0 saturated carbocycles. The van der Waals surface area contributed by atoms with E-state index in [-0.39, 0.29) is 34.4 Å². The lowest BCUT2D eigenvalue weighted by Gasteiger charge is -2.11. The second-order valence-electron chi connectivity index (χ2n) is 6.78. The summed E-state index contributed by atoms with van der Waals surface area (Å²) in [6, 6.07) is 16.5. The molecule has 2 N–H and O–H groups in total. The molecule has 0 amide bonds. The lowest BCUT2D eigenvalue weighted by Crippen LogP contribution is -2.15. The summed E-state index contributed by atoms with van der Waals surface area (Å²) in [5.74, 6) is -0.756. The summed E-state index contributed by atoms with van der Waals surface area (Å²) in [6.07, 6.45) is 0.854. The number of ether oxygens (including phenoxy) is 2. The highest BCUT2D eigenvalue weighted by Crippen LogP contribution is 2.37. The van der Waals surface area contributed by atoms with E-state index in [1.54, 1.807) is 6.07 Å². The Morgan fingerprint density at radius 1 is 1.03 bits per heavy atom. The smallest absolute Gasteiger partial charge is 0.342 e. The first-order chi connectivity index (χ1) is 14.0. The van der Waals surface area contributed by atoms with Gasteiger partial charge in [-0.05, 0) is 40.8 Å². The van der Waals surface area contributed by atoms with Crippen LogP contribution in [0, 0.1) is 0 Å². The molecular formula is C23H18ClNO4. The lowest BCUT2D eigenvalue weighted by atomic mass is 10.0. The second-order valence-corrected chi connectivity index (χ2v) is 7.19. The Labute approximate surface area is 173 Å². The Morgan fingerprint density at radius 2 is 1.79 bits per heavy atom. The van der Waals surface area contributed by atoms with Crippen molar-refractivity contribution in [2.24, 2.45) is 0 Å². The van der Waals surface area contributed by atoms with Gasteiger partial charge in [-0.1, -0.05) is 48.0 Å². The number of methoxy groups -OCH3 is 1. The van der Waals surface area contributed by atoms with Gasteiger partial charge in [0, 0.05) is 11.6 Å². The van der Waals surface area contributed by atoms with Crippen LogP contribution in [0.25, 0.3) is 11.1 Å². The molecule has 5 nitrogen and oxygen atoms in total. The SMILES string of the molecule is COc1cc(N)c(Cl)cc1C(=O)OCC(=O)c1ccc2c(c1)-c1ccccc1C2. The van der Waals surface area contributed by atoms with E-state index in [0.717, 1.165) is 17.5 Å². The van der Waals surface area contributed by atoms with E-state index in [1.165, 1.54) is 30.4 Å². The maximum absolute atomic E-state index is 12.6. The fourth-order valence-corrected chi connectivity index (χ4v) is 3.65. The van der Waals surface area contributed by atoms with Crippen LogP contribution in [0.2, 0.25) is 5.02 Å². The molecule has 0 aliphatic heterocycles. The maximum Gasteiger partial charge on any atom is 0.342 e. The number of benzene rings is 3. The number of rotatable bonds is 5. The fraction of sp³-hybridized carbons (Fsp3) is 0.130. The fourth-order valence-electron chi connectivity index (χ4n) is 3.49. The van der Waals surface area contributed by atoms with Gasteiger partial charge in [0.25, 0.3) is 0 Å². The summed E-state index contributed by atoms with van der Waals surface area (Å²) in [5.41, 5.74) is 11.2. The summed E-state index contributed by atoms with van der Waals surface area (Å²) >= 11 is 5.99. The van der Waals surface area contributed by atoms with Crippen LogP contribution in [-0.4, -0.2) is 25.5 Å². The van der Waals surface area contributed by atoms with Gasteiger partial charge in [-0.2, -0.15) is 0 Å². The summed E-state index contributed by atoms with van der Waals surface area (Å²) in [6.45, 7) is -0.385. The molecule has 4 rings (SSSR count). The Kier molecular flexibility index (Phi) is 4.99. The molecule has 0 bridgehead atoms. The van der Waals surface area contributed by atoms with E-state index >= 15 is 0 Å². The number of Topliss-reactive ketones (excluding diaryl/α,β-unsaturated/α-hetero) is 1. The molecule has 0 atom stereocenters. The zero-order chi connectivity index (χ0) is 20.5. The Morgan fingerprint density at radius 3 is 2.59 bits per heavy atom. The molecule has 3 aromatic rings. The normalized spacial score (nSPS) is 11.5. The summed E-state index contributed by atoms with van der Waals surface area (Å²) in [7, 11) is 1.41. The van der Waals surface area contributed by atoms with Gasteiger partial charge in [0.15, 0.2) is 12.4 Å². The Balaban J connectivity index is 1.51. The second kappa shape index (κ2) is 7.60. The average Bonchev–Trinajstić information content (AvgIpc) is 3.11. The minimum atomic E-state index is -0.705. The summed E-state index contributed by atoms with van der Waals surface area (Å²) < 4.78 is 10.4. The van der Waals surface area contributed by atoms with Crippen molar-refractivity contribution < 1.29 is 19.1 Å². The summed E-state index contributed by atoms with van der Waals surface area (Å²) in [5, 5.41) is 0.210. The molecule has 0 heterocycles. The zero-order valence-corrected chi connectivity index (χ0v) is 16.5. The molecule has 0 saturated heterocycles. The van der Waals surface area contributed by atoms with Crippen molar-refractivity contribution in [1.29, 1.82) is 0 Å². The quantitative estimate of drug-likeness (QED) is 0.298. The highest BCUT2D eigenvalue weighted by Gasteiger charge is 2.21. The maximum atomic E-state index is 12.6. The molecule has 0 spiro atoms. The summed E-state index contributed by atoms with van der Waals surface area (Å²) in [4.78, 5) is 25.0. The van der Waals surface area contributed by atoms with Gasteiger partial charge in [-0.15, -0.1) is 0 Å². The van der Waals surface area contributed by atoms with E-state index in [1.807, 2.05) is 30.3 Å². The molecule has 0 fully saturated rings. The van der Waals surface area contributed by atoms with Crippen LogP contribution in [0.5, 0.6) is 5.75 Å². The van der Waals surface area contributed by atoms with Gasteiger partial charge in [0.1, 0.15) is 11.3 Å². The van der Waals surface area contributed by atoms with Crippen molar-refractivity contribution in [3.63, 3.8) is 0 Å². The van der Waals surface area contributed by atoms with E-state index in [4.69, 9.17) is 26.8 Å². The van der Waals surface area contributed by atoms with E-state index in [9.17, 15) is 9.59 Å². The first kappa shape index (κ1) is 19.0. The number of esters is 1. The van der Waals surface area contributed by atoms with Crippen LogP contribution in [0.4, 0.5) is 5.69 Å². The number of nitrogens with two attached hydrogens (primary N) is 1. The molecule has 0 aromatic heterocycles. The van der Waals surface area contributed by atoms with Crippen molar-refractivity contribution in [2.45, 2.75) is 6.42 Å². The van der Waals surface area contributed by atoms with Crippen LogP contribution >= 0.6 is 11.6 Å². The van der Waals surface area contributed by atoms with Crippen LogP contribution in [-0.2, 0) is 11.2 Å². The zero-order valence-electron chi connectivity index (χ0n) is 15.7. The largest absolute Gasteiger partial charge is 0.496 e. The van der Waals surface area contributed by atoms with Gasteiger partial charge in [-0.3, -0.25) is 4.79 Å². The van der Waals surface area contributed by atoms with E-state index < -0.39 is 5.97 Å². The van der Waals surface area contributed by atoms with Crippen molar-refractivity contribution in [2.75, 3.05) is 19.5 Å². The molecule has 1 aliphatic carbocycles. The molecule has 1 aliphatic rings. The number of hydrogen-bond acceptors (Lipinski definition) is 5. The molecule has 29 heavy (non-hydrogen) atoms. The highest BCUT2D eigenvalue weighted by atomic mass is 35.5. The van der Waals surface area contributed by atoms with E-state index in [2.05, 4.69) is 6.07 Å². The number of ketones is 1. The van der Waals surface area contributed by atoms with Gasteiger partial charge < -0.3 is 15.2 Å². The third-order valence-electron chi connectivity index (χ3n) is 4.99. The van der Waals surface area contributed by atoms with Crippen LogP contribution in [0.1, 0.15) is 31.8 Å². The Hall–Kier alpha value is -3.31. The number of fused-ring (bicyclic) bond motifs is 3. The van der Waals surface area contributed by atoms with Gasteiger partial charge >= 0.3 is 5.97 Å². The molecule has 0 radical (unpaired) electrons. The van der Waals surface area contributed by atoms with Gasteiger partial charge in [0.05, 0.1) is 17.8 Å². The molecule has 0 unspecified atom stereocenters. The first-order valence-electron chi connectivity index (χ1n) is 9.02. The van der Waals surface area contributed by atoms with Gasteiger partial charge in [0.2, 0.25) is 0 Å². The minimum absolute atomic E-state index is 0.113. The van der Waals surface area contributed by atoms with Crippen molar-refractivity contribution >= 4 is 29.0 Å². The van der Waals surface area contributed by atoms with Crippen LogP contribution in [0.15, 0.2) is 54.6 Å². The monoisotopic (exact) mass is 407 g/mol. The van der Waals surface area contributed by atoms with Gasteiger partial charge in [-0.25, -0.2) is 4.79 Å². The molecular weight excluding hydrogens is 390 g/mol. The lowest BCUT2D eigenvalue weighted by molar-refractivity contribution is 0.0471. The first-order valence-corrected chi connectivity index (χ1v) is 9.40. The van der Waals surface area contributed by atoms with Crippen molar-refractivity contribution in [3.05, 3.63) is 81.9 Å². The third-order valence-corrected chi connectivity index (χ3v) is 5.32. The average molecular weight is 408 g/mol. The van der Waals surface area contributed by atoms with Crippen LogP contribution in [0.3, 0.4) is 0 Å². The van der Waals surface area contributed by atoms with Crippen molar-refractivity contribution in [1.82, 2.24) is 0 Å². The predicted molar refractivity (Wildman–Crippen MR) is 112 cm³/mol. The number of anilines is 1. The number of hydrogen-bond donors (Lipinski definition) is 1. The molecule has 3 aromatic carbocycles. The number of carbonyl (C=O) groups is 2. The topological polar surface area (TPSA) is 78.6 Å². The minimum Gasteiger partial charge on any atom is -0.496 e. The van der Waals surface area contributed by atoms with E-state index in [0.29, 0.717) is 5.56 Å².